The maximum Gasteiger partial charge on any atom is 0.311 e. The van der Waals surface area contributed by atoms with Gasteiger partial charge < -0.3 is 18.8 Å². The molecule has 8 heteroatoms. The Morgan fingerprint density at radius 2 is 1.97 bits per heavy atom. The summed E-state index contributed by atoms with van der Waals surface area (Å²) >= 11 is 0. The zero-order valence-electron chi connectivity index (χ0n) is 20.0. The van der Waals surface area contributed by atoms with Crippen LogP contribution in [0.5, 0.6) is 5.75 Å². The molecule has 1 aromatic heterocycles. The molecule has 0 radical (unpaired) electrons. The predicted octanol–water partition coefficient (Wildman–Crippen LogP) is 3.56. The van der Waals surface area contributed by atoms with Crippen LogP contribution in [0.15, 0.2) is 52.9 Å². The molecule has 0 bridgehead atoms. The van der Waals surface area contributed by atoms with Crippen molar-refractivity contribution >= 4 is 5.91 Å². The Balaban J connectivity index is 1.01. The zero-order chi connectivity index (χ0) is 23.8. The first-order valence-electron chi connectivity index (χ1n) is 12.3. The fourth-order valence-corrected chi connectivity index (χ4v) is 5.24. The average molecular weight is 475 g/mol. The minimum Gasteiger partial charge on any atom is -0.487 e. The number of aromatic nitrogens is 2. The molecule has 6 rings (SSSR count). The number of hydrogen-bond donors (Lipinski definition) is 0. The van der Waals surface area contributed by atoms with Crippen molar-refractivity contribution in [2.45, 2.75) is 32.4 Å². The first-order chi connectivity index (χ1) is 17.1. The van der Waals surface area contributed by atoms with E-state index in [0.717, 1.165) is 44.2 Å². The zero-order valence-corrected chi connectivity index (χ0v) is 20.0. The second-order valence-corrected chi connectivity index (χ2v) is 10.1. The van der Waals surface area contributed by atoms with Gasteiger partial charge in [0.05, 0.1) is 26.3 Å². The SMILES string of the molecule is Cc1cc(OC2CN(C(=O)c3nnc(-c4ccccc4)o3)C2)ccc1CN1CCCC2(COC2)C1. The number of benzene rings is 2. The molecule has 35 heavy (non-hydrogen) atoms. The third-order valence-electron chi connectivity index (χ3n) is 7.33. The summed E-state index contributed by atoms with van der Waals surface area (Å²) in [5.41, 5.74) is 3.76. The van der Waals surface area contributed by atoms with Gasteiger partial charge in [-0.1, -0.05) is 24.3 Å². The molecule has 3 aromatic rings. The first kappa shape index (κ1) is 22.2. The van der Waals surface area contributed by atoms with Crippen LogP contribution in [0.1, 0.15) is 34.7 Å². The van der Waals surface area contributed by atoms with E-state index in [1.807, 2.05) is 36.4 Å². The molecule has 182 valence electrons. The standard InChI is InChI=1S/C27H30N4O4/c1-19-12-22(9-8-21(19)13-30-11-5-10-27(16-30)17-33-18-27)34-23-14-31(15-23)26(32)25-29-28-24(35-25)20-6-3-2-4-7-20/h2-4,6-9,12,23H,5,10-11,13-18H2,1H3. The van der Waals surface area contributed by atoms with Crippen LogP contribution in [0.3, 0.4) is 0 Å². The van der Waals surface area contributed by atoms with E-state index in [1.165, 1.54) is 24.0 Å². The highest BCUT2D eigenvalue weighted by atomic mass is 16.5. The number of rotatable bonds is 6. The maximum absolute atomic E-state index is 12.7. The molecule has 0 saturated carbocycles. The van der Waals surface area contributed by atoms with Gasteiger partial charge in [-0.2, -0.15) is 0 Å². The summed E-state index contributed by atoms with van der Waals surface area (Å²) < 4.78 is 17.2. The lowest BCUT2D eigenvalue weighted by molar-refractivity contribution is -0.145. The molecular formula is C27H30N4O4. The molecule has 1 spiro atoms. The minimum atomic E-state index is -0.262. The quantitative estimate of drug-likeness (QED) is 0.540. The molecule has 3 aliphatic rings. The Morgan fingerprint density at radius 3 is 2.71 bits per heavy atom. The van der Waals surface area contributed by atoms with Gasteiger partial charge in [0.2, 0.25) is 5.89 Å². The highest BCUT2D eigenvalue weighted by Crippen LogP contribution is 2.37. The number of aryl methyl sites for hydroxylation is 1. The van der Waals surface area contributed by atoms with Crippen molar-refractivity contribution in [1.29, 1.82) is 0 Å². The topological polar surface area (TPSA) is 80.9 Å². The molecule has 0 N–H and O–H groups in total. The Bertz CT molecular complexity index is 1200. The molecule has 0 aliphatic carbocycles. The van der Waals surface area contributed by atoms with Crippen LogP contribution in [-0.2, 0) is 11.3 Å². The summed E-state index contributed by atoms with van der Waals surface area (Å²) in [6.45, 7) is 8.22. The summed E-state index contributed by atoms with van der Waals surface area (Å²) in [6, 6.07) is 15.8. The molecule has 1 amide bonds. The van der Waals surface area contributed by atoms with Crippen molar-refractivity contribution in [3.8, 4) is 17.2 Å². The summed E-state index contributed by atoms with van der Waals surface area (Å²) in [7, 11) is 0. The van der Waals surface area contributed by atoms with E-state index in [0.29, 0.717) is 24.4 Å². The molecule has 3 aliphatic heterocycles. The van der Waals surface area contributed by atoms with Crippen molar-refractivity contribution in [2.24, 2.45) is 5.41 Å². The number of hydrogen-bond acceptors (Lipinski definition) is 7. The number of nitrogens with zero attached hydrogens (tertiary/aromatic N) is 4. The Kier molecular flexibility index (Phi) is 5.78. The number of likely N-dealkylation sites (tertiary alicyclic amines) is 2. The monoisotopic (exact) mass is 474 g/mol. The van der Waals surface area contributed by atoms with Crippen LogP contribution in [0.2, 0.25) is 0 Å². The van der Waals surface area contributed by atoms with Crippen molar-refractivity contribution in [2.75, 3.05) is 39.4 Å². The van der Waals surface area contributed by atoms with Crippen molar-refractivity contribution in [1.82, 2.24) is 20.0 Å². The number of piperidine rings is 1. The number of carbonyl (C=O) groups excluding carboxylic acids is 1. The van der Waals surface area contributed by atoms with Gasteiger partial charge in [0.1, 0.15) is 11.9 Å². The fourth-order valence-electron chi connectivity index (χ4n) is 5.24. The molecule has 3 saturated heterocycles. The molecule has 8 nitrogen and oxygen atoms in total. The number of carbonyl (C=O) groups is 1. The lowest BCUT2D eigenvalue weighted by Gasteiger charge is -2.48. The van der Waals surface area contributed by atoms with E-state index in [2.05, 4.69) is 34.2 Å². The minimum absolute atomic E-state index is 0.00968. The number of amides is 1. The first-order valence-corrected chi connectivity index (χ1v) is 12.3. The van der Waals surface area contributed by atoms with Crippen molar-refractivity contribution in [3.05, 3.63) is 65.5 Å². The Hall–Kier alpha value is -3.23. The van der Waals surface area contributed by atoms with Crippen LogP contribution in [-0.4, -0.2) is 71.4 Å². The van der Waals surface area contributed by atoms with E-state index < -0.39 is 0 Å². The van der Waals surface area contributed by atoms with Crippen molar-refractivity contribution in [3.63, 3.8) is 0 Å². The highest BCUT2D eigenvalue weighted by molar-refractivity contribution is 5.90. The van der Waals surface area contributed by atoms with Gasteiger partial charge >= 0.3 is 11.8 Å². The van der Waals surface area contributed by atoms with E-state index in [4.69, 9.17) is 13.9 Å². The molecule has 0 unspecified atom stereocenters. The lowest BCUT2D eigenvalue weighted by atomic mass is 9.78. The van der Waals surface area contributed by atoms with Gasteiger partial charge in [0.15, 0.2) is 0 Å². The van der Waals surface area contributed by atoms with Crippen LogP contribution < -0.4 is 4.74 Å². The van der Waals surface area contributed by atoms with Gasteiger partial charge in [-0.3, -0.25) is 9.69 Å². The predicted molar refractivity (Wildman–Crippen MR) is 129 cm³/mol. The smallest absolute Gasteiger partial charge is 0.311 e. The van der Waals surface area contributed by atoms with Gasteiger partial charge in [0.25, 0.3) is 0 Å². The second-order valence-electron chi connectivity index (χ2n) is 10.1. The molecule has 2 aromatic carbocycles. The van der Waals surface area contributed by atoms with Crippen LogP contribution in [0.4, 0.5) is 0 Å². The van der Waals surface area contributed by atoms with Crippen LogP contribution >= 0.6 is 0 Å². The highest BCUT2D eigenvalue weighted by Gasteiger charge is 2.42. The molecule has 4 heterocycles. The largest absolute Gasteiger partial charge is 0.487 e. The normalized spacial score (nSPS) is 19.9. The van der Waals surface area contributed by atoms with E-state index in [9.17, 15) is 4.79 Å². The van der Waals surface area contributed by atoms with Gasteiger partial charge in [-0.25, -0.2) is 0 Å². The van der Waals surface area contributed by atoms with Crippen molar-refractivity contribution < 1.29 is 18.7 Å². The summed E-state index contributed by atoms with van der Waals surface area (Å²) in [4.78, 5) is 16.9. The van der Waals surface area contributed by atoms with E-state index in [-0.39, 0.29) is 17.9 Å². The van der Waals surface area contributed by atoms with Crippen LogP contribution in [0.25, 0.3) is 11.5 Å². The second kappa shape index (κ2) is 9.09. The Labute approximate surface area is 204 Å². The summed E-state index contributed by atoms with van der Waals surface area (Å²) in [5, 5.41) is 7.94. The third kappa shape index (κ3) is 4.56. The number of ether oxygens (including phenoxy) is 2. The molecule has 3 fully saturated rings. The Morgan fingerprint density at radius 1 is 1.14 bits per heavy atom. The third-order valence-corrected chi connectivity index (χ3v) is 7.33. The lowest BCUT2D eigenvalue weighted by Crippen LogP contribution is -2.56. The van der Waals surface area contributed by atoms with Gasteiger partial charge in [-0.15, -0.1) is 10.2 Å². The molecule has 0 atom stereocenters. The maximum atomic E-state index is 12.7. The molecular weight excluding hydrogens is 444 g/mol. The fraction of sp³-hybridized carbons (Fsp3) is 0.444. The average Bonchev–Trinajstić information content (AvgIpc) is 3.33. The van der Waals surface area contributed by atoms with E-state index >= 15 is 0 Å². The van der Waals surface area contributed by atoms with Crippen LogP contribution in [0, 0.1) is 12.3 Å². The summed E-state index contributed by atoms with van der Waals surface area (Å²) in [6.07, 6.45) is 2.50. The van der Waals surface area contributed by atoms with E-state index in [1.54, 1.807) is 4.90 Å². The van der Waals surface area contributed by atoms with Gasteiger partial charge in [0, 0.05) is 24.1 Å². The summed E-state index contributed by atoms with van der Waals surface area (Å²) in [5.74, 6) is 0.936. The van der Waals surface area contributed by atoms with Gasteiger partial charge in [-0.05, 0) is 61.7 Å².